The van der Waals surface area contributed by atoms with Crippen molar-refractivity contribution in [1.82, 2.24) is 25.0 Å². The first kappa shape index (κ1) is 14.1. The number of nitrogens with one attached hydrogen (secondary N) is 2. The lowest BCUT2D eigenvalue weighted by molar-refractivity contribution is 0.541. The van der Waals surface area contributed by atoms with Crippen molar-refractivity contribution in [3.05, 3.63) is 12.4 Å². The van der Waals surface area contributed by atoms with Gasteiger partial charge < -0.3 is 5.32 Å². The molecule has 1 aromatic heterocycles. The Morgan fingerprint density at radius 2 is 2.12 bits per heavy atom. The molecule has 0 bridgehead atoms. The molecular weight excluding hydrogens is 242 g/mol. The number of nitrogens with zero attached hydrogens (tertiary/aromatic N) is 3. The first-order valence-electron chi connectivity index (χ1n) is 5.60. The van der Waals surface area contributed by atoms with Crippen molar-refractivity contribution < 1.29 is 8.42 Å². The van der Waals surface area contributed by atoms with Crippen LogP contribution >= 0.6 is 0 Å². The highest BCUT2D eigenvalue weighted by molar-refractivity contribution is 7.89. The summed E-state index contributed by atoms with van der Waals surface area (Å²) in [5, 5.41) is 10.4. The Morgan fingerprint density at radius 1 is 1.29 bits per heavy atom. The number of aromatic nitrogens is 3. The van der Waals surface area contributed by atoms with Crippen LogP contribution in [0, 0.1) is 0 Å². The van der Waals surface area contributed by atoms with Crippen LogP contribution < -0.4 is 10.0 Å². The Kier molecular flexibility index (Phi) is 6.09. The van der Waals surface area contributed by atoms with E-state index in [1.54, 1.807) is 24.1 Å². The average molecular weight is 261 g/mol. The van der Waals surface area contributed by atoms with Crippen LogP contribution in [0.4, 0.5) is 0 Å². The van der Waals surface area contributed by atoms with Crippen LogP contribution in [0.25, 0.3) is 0 Å². The maximum atomic E-state index is 11.5. The molecule has 0 atom stereocenters. The molecule has 7 nitrogen and oxygen atoms in total. The molecule has 0 saturated heterocycles. The van der Waals surface area contributed by atoms with E-state index in [1.807, 2.05) is 0 Å². The molecule has 1 rings (SSSR count). The molecule has 0 aromatic carbocycles. The molecule has 17 heavy (non-hydrogen) atoms. The van der Waals surface area contributed by atoms with Crippen LogP contribution in [-0.2, 0) is 16.6 Å². The number of rotatable bonds is 9. The van der Waals surface area contributed by atoms with Crippen molar-refractivity contribution in [3.8, 4) is 0 Å². The predicted octanol–water partition coefficient (Wildman–Crippen LogP) is -0.803. The first-order chi connectivity index (χ1) is 8.14. The van der Waals surface area contributed by atoms with Crippen molar-refractivity contribution >= 4 is 10.0 Å². The SMILES string of the molecule is CNCCCS(=O)(=O)NCCCn1ccnn1. The van der Waals surface area contributed by atoms with Gasteiger partial charge in [-0.15, -0.1) is 5.10 Å². The molecular formula is C9H19N5O2S. The van der Waals surface area contributed by atoms with Gasteiger partial charge in [-0.1, -0.05) is 5.21 Å². The summed E-state index contributed by atoms with van der Waals surface area (Å²) in [6, 6.07) is 0. The van der Waals surface area contributed by atoms with E-state index in [-0.39, 0.29) is 5.75 Å². The van der Waals surface area contributed by atoms with Gasteiger partial charge in [0.1, 0.15) is 0 Å². The highest BCUT2D eigenvalue weighted by Crippen LogP contribution is 1.91. The Labute approximate surface area is 102 Å². The van der Waals surface area contributed by atoms with Crippen molar-refractivity contribution in [3.63, 3.8) is 0 Å². The molecule has 2 N–H and O–H groups in total. The zero-order chi connectivity index (χ0) is 12.6. The van der Waals surface area contributed by atoms with Crippen molar-refractivity contribution in [2.75, 3.05) is 25.9 Å². The van der Waals surface area contributed by atoms with Gasteiger partial charge in [0, 0.05) is 19.3 Å². The minimum absolute atomic E-state index is 0.164. The minimum Gasteiger partial charge on any atom is -0.320 e. The normalized spacial score (nSPS) is 11.8. The summed E-state index contributed by atoms with van der Waals surface area (Å²) in [5.41, 5.74) is 0. The fourth-order valence-electron chi connectivity index (χ4n) is 1.33. The summed E-state index contributed by atoms with van der Waals surface area (Å²) in [6.45, 7) is 1.81. The van der Waals surface area contributed by atoms with E-state index < -0.39 is 10.0 Å². The molecule has 0 aliphatic carbocycles. The summed E-state index contributed by atoms with van der Waals surface area (Å²) in [7, 11) is -1.33. The number of aryl methyl sites for hydroxylation is 1. The second kappa shape index (κ2) is 7.36. The molecule has 1 aromatic rings. The molecule has 0 saturated carbocycles. The van der Waals surface area contributed by atoms with E-state index in [0.29, 0.717) is 32.5 Å². The lowest BCUT2D eigenvalue weighted by atomic mass is 10.4. The molecule has 0 amide bonds. The van der Waals surface area contributed by atoms with E-state index in [0.717, 1.165) is 0 Å². The van der Waals surface area contributed by atoms with E-state index in [4.69, 9.17) is 0 Å². The van der Waals surface area contributed by atoms with Gasteiger partial charge in [0.05, 0.1) is 11.9 Å². The maximum absolute atomic E-state index is 11.5. The summed E-state index contributed by atoms with van der Waals surface area (Å²) in [5.74, 6) is 0.164. The Bertz CT molecular complexity index is 390. The van der Waals surface area contributed by atoms with Crippen LogP contribution in [0.2, 0.25) is 0 Å². The second-order valence-corrected chi connectivity index (χ2v) is 5.62. The summed E-state index contributed by atoms with van der Waals surface area (Å²) < 4.78 is 27.2. The molecule has 0 unspecified atom stereocenters. The van der Waals surface area contributed by atoms with Crippen LogP contribution in [0.3, 0.4) is 0 Å². The third kappa shape index (κ3) is 6.35. The highest BCUT2D eigenvalue weighted by Gasteiger charge is 2.08. The fraction of sp³-hybridized carbons (Fsp3) is 0.778. The largest absolute Gasteiger partial charge is 0.320 e. The monoisotopic (exact) mass is 261 g/mol. The van der Waals surface area contributed by atoms with E-state index >= 15 is 0 Å². The van der Waals surface area contributed by atoms with Gasteiger partial charge in [0.25, 0.3) is 0 Å². The smallest absolute Gasteiger partial charge is 0.211 e. The predicted molar refractivity (Wildman–Crippen MR) is 65.0 cm³/mol. The third-order valence-electron chi connectivity index (χ3n) is 2.20. The number of hydrogen-bond donors (Lipinski definition) is 2. The summed E-state index contributed by atoms with van der Waals surface area (Å²) >= 11 is 0. The maximum Gasteiger partial charge on any atom is 0.211 e. The molecule has 0 spiro atoms. The number of sulfonamides is 1. The van der Waals surface area contributed by atoms with Crippen LogP contribution in [0.5, 0.6) is 0 Å². The fourth-order valence-corrected chi connectivity index (χ4v) is 2.46. The van der Waals surface area contributed by atoms with Gasteiger partial charge in [-0.25, -0.2) is 13.1 Å². The summed E-state index contributed by atoms with van der Waals surface area (Å²) in [4.78, 5) is 0. The second-order valence-electron chi connectivity index (χ2n) is 3.69. The van der Waals surface area contributed by atoms with Gasteiger partial charge in [0.2, 0.25) is 10.0 Å². The minimum atomic E-state index is -3.13. The lowest BCUT2D eigenvalue weighted by Crippen LogP contribution is -2.29. The summed E-state index contributed by atoms with van der Waals surface area (Å²) in [6.07, 6.45) is 4.67. The van der Waals surface area contributed by atoms with Crippen LogP contribution in [0.15, 0.2) is 12.4 Å². The molecule has 0 aliphatic rings. The van der Waals surface area contributed by atoms with Crippen molar-refractivity contribution in [2.45, 2.75) is 19.4 Å². The molecule has 0 aliphatic heterocycles. The third-order valence-corrected chi connectivity index (χ3v) is 3.67. The first-order valence-corrected chi connectivity index (χ1v) is 7.25. The van der Waals surface area contributed by atoms with Gasteiger partial charge >= 0.3 is 0 Å². The van der Waals surface area contributed by atoms with E-state index in [1.165, 1.54) is 0 Å². The van der Waals surface area contributed by atoms with Gasteiger partial charge in [-0.3, -0.25) is 4.68 Å². The van der Waals surface area contributed by atoms with Gasteiger partial charge in [-0.05, 0) is 26.4 Å². The number of hydrogen-bond acceptors (Lipinski definition) is 5. The molecule has 1 heterocycles. The van der Waals surface area contributed by atoms with Gasteiger partial charge in [-0.2, -0.15) is 0 Å². The van der Waals surface area contributed by atoms with E-state index in [9.17, 15) is 8.42 Å². The Morgan fingerprint density at radius 3 is 2.76 bits per heavy atom. The molecule has 0 radical (unpaired) electrons. The standard InChI is InChI=1S/C9H19N5O2S/c1-10-4-3-9-17(15,16)12-5-2-7-14-8-6-11-13-14/h6,8,10,12H,2-5,7,9H2,1H3. The zero-order valence-corrected chi connectivity index (χ0v) is 10.8. The molecule has 8 heteroatoms. The van der Waals surface area contributed by atoms with Crippen molar-refractivity contribution in [1.29, 1.82) is 0 Å². The van der Waals surface area contributed by atoms with Crippen LogP contribution in [-0.4, -0.2) is 49.3 Å². The molecule has 0 fully saturated rings. The Hall–Kier alpha value is -0.990. The average Bonchev–Trinajstić information content (AvgIpc) is 2.77. The van der Waals surface area contributed by atoms with Gasteiger partial charge in [0.15, 0.2) is 0 Å². The highest BCUT2D eigenvalue weighted by atomic mass is 32.2. The van der Waals surface area contributed by atoms with Crippen molar-refractivity contribution in [2.24, 2.45) is 0 Å². The zero-order valence-electron chi connectivity index (χ0n) is 9.96. The quantitative estimate of drug-likeness (QED) is 0.568. The van der Waals surface area contributed by atoms with Crippen LogP contribution in [0.1, 0.15) is 12.8 Å². The molecule has 98 valence electrons. The lowest BCUT2D eigenvalue weighted by Gasteiger charge is -2.06. The van der Waals surface area contributed by atoms with E-state index in [2.05, 4.69) is 20.4 Å². The Balaban J connectivity index is 2.12. The topological polar surface area (TPSA) is 88.9 Å².